The van der Waals surface area contributed by atoms with Gasteiger partial charge in [0.05, 0.1) is 26.7 Å². The van der Waals surface area contributed by atoms with Gasteiger partial charge in [0.2, 0.25) is 0 Å². The fourth-order valence-electron chi connectivity index (χ4n) is 4.54. The largest absolute Gasteiger partial charge is 0.474 e. The van der Waals surface area contributed by atoms with Gasteiger partial charge in [0.15, 0.2) is 0 Å². The molecule has 0 spiro atoms. The molecule has 1 aliphatic heterocycles. The fraction of sp³-hybridized carbons (Fsp3) is 0.926. The highest BCUT2D eigenvalue weighted by Crippen LogP contribution is 2.48. The molecule has 0 bridgehead atoms. The maximum absolute atomic E-state index is 12.6. The van der Waals surface area contributed by atoms with Crippen LogP contribution in [-0.2, 0) is 18.1 Å². The maximum Gasteiger partial charge on any atom is 0.474 e. The van der Waals surface area contributed by atoms with Crippen molar-refractivity contribution in [1.29, 1.82) is 0 Å². The average Bonchev–Trinajstić information content (AvgIpc) is 2.81. The number of rotatable bonds is 22. The molecule has 1 rings (SSSR count). The van der Waals surface area contributed by atoms with Gasteiger partial charge in [-0.05, 0) is 51.4 Å². The summed E-state index contributed by atoms with van der Waals surface area (Å²) in [5.74, 6) is 0. The SMILES string of the molecule is CCCCCCCC/C=C\CCCCCCCCOP(=O)(OC)OCC[N+]1(C)CCCCC1. The molecule has 33 heavy (non-hydrogen) atoms. The van der Waals surface area contributed by atoms with Gasteiger partial charge in [0.1, 0.15) is 13.2 Å². The smallest absolute Gasteiger partial charge is 0.324 e. The van der Waals surface area contributed by atoms with Gasteiger partial charge in [-0.25, -0.2) is 4.57 Å². The minimum Gasteiger partial charge on any atom is -0.324 e. The van der Waals surface area contributed by atoms with Crippen molar-refractivity contribution >= 4 is 7.82 Å². The van der Waals surface area contributed by atoms with Gasteiger partial charge >= 0.3 is 7.82 Å². The third-order valence-electron chi connectivity index (χ3n) is 6.91. The summed E-state index contributed by atoms with van der Waals surface area (Å²) in [7, 11) is 0.269. The number of nitrogens with zero attached hydrogens (tertiary/aromatic N) is 1. The minimum atomic E-state index is -3.41. The van der Waals surface area contributed by atoms with E-state index in [0.717, 1.165) is 23.9 Å². The quantitative estimate of drug-likeness (QED) is 0.0664. The van der Waals surface area contributed by atoms with E-state index in [2.05, 4.69) is 26.1 Å². The van der Waals surface area contributed by atoms with Crippen LogP contribution in [0.15, 0.2) is 12.2 Å². The molecular weight excluding hydrogens is 433 g/mol. The number of likely N-dealkylation sites (N-methyl/N-ethyl adjacent to an activating group) is 1. The molecule has 1 unspecified atom stereocenters. The summed E-state index contributed by atoms with van der Waals surface area (Å²) in [5.41, 5.74) is 0. The number of hydrogen-bond acceptors (Lipinski definition) is 4. The predicted octanol–water partition coefficient (Wildman–Crippen LogP) is 8.44. The predicted molar refractivity (Wildman–Crippen MR) is 141 cm³/mol. The first-order chi connectivity index (χ1) is 16.0. The Balaban J connectivity index is 1.92. The molecule has 0 aromatic rings. The third-order valence-corrected chi connectivity index (χ3v) is 8.35. The zero-order chi connectivity index (χ0) is 24.1. The van der Waals surface area contributed by atoms with E-state index < -0.39 is 7.82 Å². The highest BCUT2D eigenvalue weighted by Gasteiger charge is 2.29. The summed E-state index contributed by atoms with van der Waals surface area (Å²) in [6, 6.07) is 0. The molecule has 0 aliphatic carbocycles. The Bertz CT molecular complexity index is 520. The van der Waals surface area contributed by atoms with E-state index in [1.165, 1.54) is 117 Å². The van der Waals surface area contributed by atoms with Crippen molar-refractivity contribution in [3.8, 4) is 0 Å². The Morgan fingerprint density at radius 2 is 1.24 bits per heavy atom. The summed E-state index contributed by atoms with van der Waals surface area (Å²) in [4.78, 5) is 0. The molecule has 5 nitrogen and oxygen atoms in total. The van der Waals surface area contributed by atoms with Crippen molar-refractivity contribution < 1.29 is 22.6 Å². The molecule has 0 saturated carbocycles. The van der Waals surface area contributed by atoms with Crippen LogP contribution in [0.4, 0.5) is 0 Å². The number of phosphoric ester groups is 1. The monoisotopic (exact) mass is 488 g/mol. The van der Waals surface area contributed by atoms with Crippen molar-refractivity contribution in [3.63, 3.8) is 0 Å². The lowest BCUT2D eigenvalue weighted by Gasteiger charge is -2.37. The number of quaternary nitrogens is 1. The molecule has 1 heterocycles. The molecule has 0 amide bonds. The number of allylic oxidation sites excluding steroid dienone is 2. The first-order valence-corrected chi connectivity index (χ1v) is 15.4. The van der Waals surface area contributed by atoms with E-state index in [4.69, 9.17) is 13.6 Å². The van der Waals surface area contributed by atoms with Crippen molar-refractivity contribution in [2.45, 2.75) is 116 Å². The van der Waals surface area contributed by atoms with Gasteiger partial charge in [0, 0.05) is 7.11 Å². The van der Waals surface area contributed by atoms with E-state index >= 15 is 0 Å². The molecule has 1 aliphatic rings. The van der Waals surface area contributed by atoms with Crippen molar-refractivity contribution in [1.82, 2.24) is 0 Å². The zero-order valence-corrected chi connectivity index (χ0v) is 23.1. The van der Waals surface area contributed by atoms with Crippen LogP contribution < -0.4 is 0 Å². The first-order valence-electron chi connectivity index (χ1n) is 14.0. The Labute approximate surface area is 205 Å². The van der Waals surface area contributed by atoms with Gasteiger partial charge in [-0.1, -0.05) is 76.9 Å². The lowest BCUT2D eigenvalue weighted by atomic mass is 10.1. The summed E-state index contributed by atoms with van der Waals surface area (Å²) in [6.07, 6.45) is 26.4. The molecule has 0 aromatic carbocycles. The first kappa shape index (κ1) is 30.8. The van der Waals surface area contributed by atoms with E-state index in [1.54, 1.807) is 0 Å². The van der Waals surface area contributed by atoms with Crippen LogP contribution >= 0.6 is 7.82 Å². The lowest BCUT2D eigenvalue weighted by Crippen LogP contribution is -2.49. The van der Waals surface area contributed by atoms with E-state index in [0.29, 0.717) is 13.2 Å². The minimum absolute atomic E-state index is 0.426. The average molecular weight is 489 g/mol. The van der Waals surface area contributed by atoms with Crippen LogP contribution in [0.25, 0.3) is 0 Å². The van der Waals surface area contributed by atoms with Crippen LogP contribution in [-0.4, -0.2) is 51.5 Å². The van der Waals surface area contributed by atoms with E-state index in [1.807, 2.05) is 0 Å². The third kappa shape index (κ3) is 17.0. The molecule has 1 fully saturated rings. The second-order valence-electron chi connectivity index (χ2n) is 10.1. The van der Waals surface area contributed by atoms with Crippen molar-refractivity contribution in [2.75, 3.05) is 47.0 Å². The van der Waals surface area contributed by atoms with Crippen LogP contribution in [0.2, 0.25) is 0 Å². The fourth-order valence-corrected chi connectivity index (χ4v) is 5.48. The Morgan fingerprint density at radius 3 is 1.82 bits per heavy atom. The van der Waals surface area contributed by atoms with Gasteiger partial charge in [0.25, 0.3) is 0 Å². The molecular formula is C27H55NO4P+. The van der Waals surface area contributed by atoms with E-state index in [-0.39, 0.29) is 0 Å². The summed E-state index contributed by atoms with van der Waals surface area (Å²) < 4.78 is 29.8. The Kier molecular flexibility index (Phi) is 18.7. The maximum atomic E-state index is 12.6. The number of phosphoric acid groups is 1. The number of unbranched alkanes of at least 4 members (excludes halogenated alkanes) is 12. The molecule has 1 atom stereocenters. The van der Waals surface area contributed by atoms with Crippen molar-refractivity contribution in [2.24, 2.45) is 0 Å². The summed E-state index contributed by atoms with van der Waals surface area (Å²) >= 11 is 0. The van der Waals surface area contributed by atoms with E-state index in [9.17, 15) is 4.57 Å². The normalized spacial score (nSPS) is 18.0. The zero-order valence-electron chi connectivity index (χ0n) is 22.2. The standard InChI is InChI=1S/C27H55NO4P/c1-4-5-6-7-8-9-10-11-12-13-14-15-16-17-18-22-26-31-33(29,30-3)32-27-25-28(2)23-20-19-21-24-28/h11-12H,4-10,13-27H2,1-3H3/q+1/b12-11-. The molecule has 1 saturated heterocycles. The van der Waals surface area contributed by atoms with Crippen LogP contribution in [0, 0.1) is 0 Å². The topological polar surface area (TPSA) is 44.8 Å². The summed E-state index contributed by atoms with van der Waals surface area (Å²) in [5, 5.41) is 0. The number of likely N-dealkylation sites (tertiary alicyclic amines) is 1. The Hall–Kier alpha value is -0.190. The molecule has 0 aromatic heterocycles. The second kappa shape index (κ2) is 20.0. The van der Waals surface area contributed by atoms with Crippen molar-refractivity contribution in [3.05, 3.63) is 12.2 Å². The number of piperidine rings is 1. The van der Waals surface area contributed by atoms with Crippen LogP contribution in [0.5, 0.6) is 0 Å². The Morgan fingerprint density at radius 1 is 0.727 bits per heavy atom. The highest BCUT2D eigenvalue weighted by atomic mass is 31.2. The van der Waals surface area contributed by atoms with Gasteiger partial charge in [-0.15, -0.1) is 0 Å². The highest BCUT2D eigenvalue weighted by molar-refractivity contribution is 7.48. The molecule has 0 radical (unpaired) electrons. The van der Waals surface area contributed by atoms with Gasteiger partial charge in [-0.3, -0.25) is 13.6 Å². The number of hydrogen-bond donors (Lipinski definition) is 0. The second-order valence-corrected chi connectivity index (χ2v) is 11.9. The lowest BCUT2D eigenvalue weighted by molar-refractivity contribution is -0.914. The van der Waals surface area contributed by atoms with Crippen LogP contribution in [0.3, 0.4) is 0 Å². The van der Waals surface area contributed by atoms with Gasteiger partial charge in [-0.2, -0.15) is 0 Å². The van der Waals surface area contributed by atoms with Gasteiger partial charge < -0.3 is 4.48 Å². The molecule has 196 valence electrons. The molecule has 0 N–H and O–H groups in total. The van der Waals surface area contributed by atoms with Crippen LogP contribution in [0.1, 0.15) is 116 Å². The molecule has 6 heteroatoms. The summed E-state index contributed by atoms with van der Waals surface area (Å²) in [6.45, 7) is 6.36.